The standard InChI is InChI=1S/C36H38F2N2O6/c1-22(2)40-30(17-15-27(41)19-28(42)20-32(43)46-4)33(25-11-13-26(37)14-12-25)34(24-8-6-5-7-9-24)35(40)36(44)39-21-23-10-16-29(38)31(18-23)45-3/h5-18,22,27-28,41-42H,19-21H2,1-4H3,(H,39,44)/b17-15+/t27-,28-/m1/s1. The van der Waals surface area contributed by atoms with E-state index in [0.717, 1.165) is 5.56 Å². The maximum Gasteiger partial charge on any atom is 0.308 e. The largest absolute Gasteiger partial charge is 0.494 e. The van der Waals surface area contributed by atoms with Crippen molar-refractivity contribution in [1.82, 2.24) is 9.88 Å². The van der Waals surface area contributed by atoms with Crippen molar-refractivity contribution in [2.24, 2.45) is 0 Å². The Bertz CT molecular complexity index is 1680. The van der Waals surface area contributed by atoms with E-state index in [1.165, 1.54) is 44.6 Å². The summed E-state index contributed by atoms with van der Waals surface area (Å²) >= 11 is 0. The SMILES string of the molecule is COC(=O)C[C@H](O)C[C@H](O)/C=C/c1c(-c2ccc(F)cc2)c(-c2ccccc2)c(C(=O)NCc2ccc(F)c(OC)c2)n1C(C)C. The van der Waals surface area contributed by atoms with Gasteiger partial charge in [0.15, 0.2) is 11.6 Å². The summed E-state index contributed by atoms with van der Waals surface area (Å²) in [5, 5.41) is 24.0. The summed E-state index contributed by atoms with van der Waals surface area (Å²) < 4.78 is 39.7. The first-order chi connectivity index (χ1) is 22.0. The first-order valence-electron chi connectivity index (χ1n) is 14.8. The minimum absolute atomic E-state index is 0.0589. The maximum atomic E-state index is 14.2. The Balaban J connectivity index is 1.87. The Morgan fingerprint density at radius 2 is 1.61 bits per heavy atom. The second-order valence-electron chi connectivity index (χ2n) is 11.1. The fourth-order valence-electron chi connectivity index (χ4n) is 5.32. The van der Waals surface area contributed by atoms with E-state index in [9.17, 15) is 28.6 Å². The number of carbonyl (C=O) groups is 2. The number of methoxy groups -OCH3 is 2. The number of ether oxygens (including phenoxy) is 2. The molecular formula is C36H38F2N2O6. The molecule has 0 aliphatic heterocycles. The van der Waals surface area contributed by atoms with Gasteiger partial charge in [0.2, 0.25) is 0 Å². The van der Waals surface area contributed by atoms with Crippen LogP contribution in [-0.4, -0.2) is 53.1 Å². The highest BCUT2D eigenvalue weighted by Crippen LogP contribution is 2.42. The molecule has 8 nitrogen and oxygen atoms in total. The monoisotopic (exact) mass is 632 g/mol. The molecule has 0 aliphatic carbocycles. The van der Waals surface area contributed by atoms with Gasteiger partial charge in [-0.1, -0.05) is 54.6 Å². The van der Waals surface area contributed by atoms with E-state index >= 15 is 0 Å². The first-order valence-corrected chi connectivity index (χ1v) is 14.8. The number of esters is 1. The van der Waals surface area contributed by atoms with E-state index in [2.05, 4.69) is 10.1 Å². The molecular weight excluding hydrogens is 594 g/mol. The Labute approximate surface area is 266 Å². The Kier molecular flexibility index (Phi) is 11.5. The van der Waals surface area contributed by atoms with Gasteiger partial charge in [-0.15, -0.1) is 0 Å². The molecule has 0 radical (unpaired) electrons. The predicted molar refractivity (Wildman–Crippen MR) is 172 cm³/mol. The van der Waals surface area contributed by atoms with E-state index in [-0.39, 0.29) is 31.2 Å². The lowest BCUT2D eigenvalue weighted by atomic mass is 9.94. The van der Waals surface area contributed by atoms with Crippen LogP contribution in [0.1, 0.15) is 54.5 Å². The number of benzene rings is 3. The van der Waals surface area contributed by atoms with Crippen LogP contribution in [-0.2, 0) is 16.1 Å². The number of carbonyl (C=O) groups excluding carboxylic acids is 2. The molecule has 2 atom stereocenters. The zero-order chi connectivity index (χ0) is 33.4. The second kappa shape index (κ2) is 15.5. The van der Waals surface area contributed by atoms with Crippen molar-refractivity contribution in [2.75, 3.05) is 14.2 Å². The number of rotatable bonds is 13. The number of hydrogen-bond acceptors (Lipinski definition) is 6. The topological polar surface area (TPSA) is 110 Å². The van der Waals surface area contributed by atoms with Crippen molar-refractivity contribution in [3.63, 3.8) is 0 Å². The molecule has 0 bridgehead atoms. The second-order valence-corrected chi connectivity index (χ2v) is 11.1. The fourth-order valence-corrected chi connectivity index (χ4v) is 5.32. The third kappa shape index (κ3) is 8.07. The maximum absolute atomic E-state index is 14.2. The zero-order valence-electron chi connectivity index (χ0n) is 26.2. The summed E-state index contributed by atoms with van der Waals surface area (Å²) in [6.45, 7) is 3.91. The highest BCUT2D eigenvalue weighted by Gasteiger charge is 2.29. The van der Waals surface area contributed by atoms with Crippen molar-refractivity contribution in [3.05, 3.63) is 107 Å². The summed E-state index contributed by atoms with van der Waals surface area (Å²) in [6.07, 6.45) is 0.493. The lowest BCUT2D eigenvalue weighted by Gasteiger charge is -2.17. The molecule has 46 heavy (non-hydrogen) atoms. The Morgan fingerprint density at radius 3 is 2.24 bits per heavy atom. The third-order valence-electron chi connectivity index (χ3n) is 7.46. The van der Waals surface area contributed by atoms with Crippen molar-refractivity contribution < 1.29 is 38.1 Å². The van der Waals surface area contributed by atoms with Crippen LogP contribution in [0.15, 0.2) is 78.9 Å². The zero-order valence-corrected chi connectivity index (χ0v) is 26.2. The van der Waals surface area contributed by atoms with Gasteiger partial charge < -0.3 is 29.6 Å². The highest BCUT2D eigenvalue weighted by atomic mass is 19.1. The molecule has 1 heterocycles. The van der Waals surface area contributed by atoms with Gasteiger partial charge in [0, 0.05) is 35.8 Å². The van der Waals surface area contributed by atoms with Gasteiger partial charge >= 0.3 is 5.97 Å². The number of aromatic nitrogens is 1. The molecule has 242 valence electrons. The molecule has 0 saturated carbocycles. The van der Waals surface area contributed by atoms with Crippen molar-refractivity contribution in [2.45, 2.75) is 51.5 Å². The Morgan fingerprint density at radius 1 is 0.935 bits per heavy atom. The molecule has 10 heteroatoms. The summed E-state index contributed by atoms with van der Waals surface area (Å²) in [7, 11) is 2.59. The van der Waals surface area contributed by atoms with Gasteiger partial charge in [-0.3, -0.25) is 9.59 Å². The van der Waals surface area contributed by atoms with Gasteiger partial charge in [0.1, 0.15) is 11.5 Å². The van der Waals surface area contributed by atoms with E-state index in [4.69, 9.17) is 4.74 Å². The summed E-state index contributed by atoms with van der Waals surface area (Å²) in [5.74, 6) is -1.89. The van der Waals surface area contributed by atoms with Gasteiger partial charge in [-0.05, 0) is 60.9 Å². The number of halogens is 2. The van der Waals surface area contributed by atoms with E-state index in [1.807, 2.05) is 48.7 Å². The number of amides is 1. The average molecular weight is 633 g/mol. The lowest BCUT2D eigenvalue weighted by Crippen LogP contribution is -2.27. The van der Waals surface area contributed by atoms with Crippen LogP contribution < -0.4 is 10.1 Å². The fraction of sp³-hybridized carbons (Fsp3) is 0.278. The van der Waals surface area contributed by atoms with Crippen LogP contribution in [0.25, 0.3) is 28.3 Å². The van der Waals surface area contributed by atoms with E-state index in [1.54, 1.807) is 24.3 Å². The van der Waals surface area contributed by atoms with Crippen molar-refractivity contribution >= 4 is 18.0 Å². The lowest BCUT2D eigenvalue weighted by molar-refractivity contribution is -0.143. The van der Waals surface area contributed by atoms with Gasteiger partial charge in [0.25, 0.3) is 5.91 Å². The molecule has 4 aromatic rings. The molecule has 0 unspecified atom stereocenters. The number of aliphatic hydroxyl groups excluding tert-OH is 2. The highest BCUT2D eigenvalue weighted by molar-refractivity contribution is 6.06. The van der Waals surface area contributed by atoms with E-state index < -0.39 is 35.7 Å². The molecule has 0 spiro atoms. The number of aliphatic hydroxyl groups is 2. The Hall–Kier alpha value is -4.80. The van der Waals surface area contributed by atoms with Crippen LogP contribution in [0.3, 0.4) is 0 Å². The van der Waals surface area contributed by atoms with Crippen LogP contribution >= 0.6 is 0 Å². The molecule has 0 fully saturated rings. The summed E-state index contributed by atoms with van der Waals surface area (Å²) in [5.41, 5.74) is 4.12. The number of nitrogens with one attached hydrogen (secondary N) is 1. The first kappa shape index (κ1) is 34.1. The minimum Gasteiger partial charge on any atom is -0.494 e. The minimum atomic E-state index is -1.14. The molecule has 0 saturated heterocycles. The van der Waals surface area contributed by atoms with Crippen LogP contribution in [0.2, 0.25) is 0 Å². The van der Waals surface area contributed by atoms with Crippen LogP contribution in [0.4, 0.5) is 8.78 Å². The average Bonchev–Trinajstić information content (AvgIpc) is 3.39. The summed E-state index contributed by atoms with van der Waals surface area (Å²) in [6, 6.07) is 19.3. The molecule has 1 aromatic heterocycles. The third-order valence-corrected chi connectivity index (χ3v) is 7.46. The van der Waals surface area contributed by atoms with E-state index in [0.29, 0.717) is 33.6 Å². The predicted octanol–water partition coefficient (Wildman–Crippen LogP) is 6.31. The molecule has 0 aliphatic rings. The van der Waals surface area contributed by atoms with Crippen molar-refractivity contribution in [3.8, 4) is 28.0 Å². The van der Waals surface area contributed by atoms with Crippen LogP contribution in [0.5, 0.6) is 5.75 Å². The van der Waals surface area contributed by atoms with Gasteiger partial charge in [-0.25, -0.2) is 8.78 Å². The smallest absolute Gasteiger partial charge is 0.308 e. The quantitative estimate of drug-likeness (QED) is 0.149. The van der Waals surface area contributed by atoms with Gasteiger partial charge in [0.05, 0.1) is 32.8 Å². The number of nitrogens with zero attached hydrogens (tertiary/aromatic N) is 1. The number of hydrogen-bond donors (Lipinski definition) is 3. The van der Waals surface area contributed by atoms with Crippen LogP contribution in [0, 0.1) is 11.6 Å². The molecule has 1 amide bonds. The molecule has 4 rings (SSSR count). The van der Waals surface area contributed by atoms with Crippen molar-refractivity contribution in [1.29, 1.82) is 0 Å². The van der Waals surface area contributed by atoms with Gasteiger partial charge in [-0.2, -0.15) is 0 Å². The summed E-state index contributed by atoms with van der Waals surface area (Å²) in [4.78, 5) is 25.8. The normalized spacial score (nSPS) is 12.7. The molecule has 3 aromatic carbocycles. The molecule has 3 N–H and O–H groups in total.